The molecule has 0 spiro atoms. The highest BCUT2D eigenvalue weighted by Crippen LogP contribution is 2.39. The first kappa shape index (κ1) is 14.7. The molecule has 2 saturated carbocycles. The van der Waals surface area contributed by atoms with Crippen LogP contribution < -0.4 is 4.90 Å². The molecule has 120 valence electrons. The van der Waals surface area contributed by atoms with Gasteiger partial charge >= 0.3 is 0 Å². The average molecular weight is 321 g/mol. The van der Waals surface area contributed by atoms with E-state index in [-0.39, 0.29) is 0 Å². The molecule has 5 heteroatoms. The standard InChI is InChI=1S/C17H25ClN4/c18-15-12-16(20-17(19-15)13-6-7-13)22-10-8-21(9-11-22)14-4-2-1-3-5-14/h12-14H,1-11H2. The van der Waals surface area contributed by atoms with Crippen LogP contribution in [0, 0.1) is 0 Å². The first-order valence-electron chi connectivity index (χ1n) is 8.83. The maximum atomic E-state index is 6.20. The lowest BCUT2D eigenvalue weighted by Gasteiger charge is -2.41. The van der Waals surface area contributed by atoms with Crippen LogP contribution in [-0.4, -0.2) is 47.1 Å². The van der Waals surface area contributed by atoms with E-state index in [1.54, 1.807) is 0 Å². The summed E-state index contributed by atoms with van der Waals surface area (Å²) in [6.07, 6.45) is 9.48. The topological polar surface area (TPSA) is 32.3 Å². The van der Waals surface area contributed by atoms with Gasteiger partial charge in [-0.2, -0.15) is 0 Å². The summed E-state index contributed by atoms with van der Waals surface area (Å²) in [5.74, 6) is 2.54. The van der Waals surface area contributed by atoms with Gasteiger partial charge in [0.15, 0.2) is 0 Å². The summed E-state index contributed by atoms with van der Waals surface area (Å²) < 4.78 is 0. The number of hydrogen-bond donors (Lipinski definition) is 0. The van der Waals surface area contributed by atoms with Gasteiger partial charge in [0.2, 0.25) is 0 Å². The van der Waals surface area contributed by atoms with Gasteiger partial charge < -0.3 is 4.90 Å². The van der Waals surface area contributed by atoms with Crippen LogP contribution in [0.5, 0.6) is 0 Å². The third kappa shape index (κ3) is 3.23. The summed E-state index contributed by atoms with van der Waals surface area (Å²) in [6.45, 7) is 4.44. The minimum Gasteiger partial charge on any atom is -0.354 e. The fraction of sp³-hybridized carbons (Fsp3) is 0.765. The van der Waals surface area contributed by atoms with Gasteiger partial charge in [-0.25, -0.2) is 9.97 Å². The fourth-order valence-corrected chi connectivity index (χ4v) is 4.06. The third-order valence-electron chi connectivity index (χ3n) is 5.37. The van der Waals surface area contributed by atoms with Crippen molar-refractivity contribution in [2.45, 2.75) is 56.9 Å². The van der Waals surface area contributed by atoms with Crippen molar-refractivity contribution in [3.05, 3.63) is 17.0 Å². The number of piperazine rings is 1. The fourth-order valence-electron chi connectivity index (χ4n) is 3.87. The lowest BCUT2D eigenvalue weighted by Crippen LogP contribution is -2.51. The van der Waals surface area contributed by atoms with E-state index in [0.717, 1.165) is 43.9 Å². The first-order chi connectivity index (χ1) is 10.8. The lowest BCUT2D eigenvalue weighted by atomic mass is 9.94. The summed E-state index contributed by atoms with van der Waals surface area (Å²) in [4.78, 5) is 14.2. The van der Waals surface area contributed by atoms with Gasteiger partial charge in [-0.1, -0.05) is 30.9 Å². The number of halogens is 1. The smallest absolute Gasteiger partial charge is 0.135 e. The van der Waals surface area contributed by atoms with E-state index in [0.29, 0.717) is 11.1 Å². The Bertz CT molecular complexity index is 517. The molecule has 4 nitrogen and oxygen atoms in total. The zero-order chi connectivity index (χ0) is 14.9. The summed E-state index contributed by atoms with van der Waals surface area (Å²) >= 11 is 6.20. The van der Waals surface area contributed by atoms with Crippen LogP contribution in [0.2, 0.25) is 5.15 Å². The molecule has 2 heterocycles. The number of hydrogen-bond acceptors (Lipinski definition) is 4. The highest BCUT2D eigenvalue weighted by molar-refractivity contribution is 6.29. The van der Waals surface area contributed by atoms with Crippen LogP contribution in [0.3, 0.4) is 0 Å². The monoisotopic (exact) mass is 320 g/mol. The molecule has 3 aliphatic rings. The second kappa shape index (κ2) is 6.32. The summed E-state index contributed by atoms with van der Waals surface area (Å²) in [5.41, 5.74) is 0. The van der Waals surface area contributed by atoms with E-state index < -0.39 is 0 Å². The SMILES string of the molecule is Clc1cc(N2CCN(C3CCCCC3)CC2)nc(C2CC2)n1. The van der Waals surface area contributed by atoms with Gasteiger partial charge in [0, 0.05) is 44.2 Å². The highest BCUT2D eigenvalue weighted by atomic mass is 35.5. The molecular weight excluding hydrogens is 296 g/mol. The van der Waals surface area contributed by atoms with Gasteiger partial charge in [0.1, 0.15) is 16.8 Å². The molecule has 0 bridgehead atoms. The van der Waals surface area contributed by atoms with E-state index >= 15 is 0 Å². The predicted octanol–water partition coefficient (Wildman–Crippen LogP) is 3.46. The Morgan fingerprint density at radius 1 is 0.909 bits per heavy atom. The summed E-state index contributed by atoms with van der Waals surface area (Å²) in [5, 5.41) is 0.599. The van der Waals surface area contributed by atoms with Crippen LogP contribution in [0.4, 0.5) is 5.82 Å². The molecule has 22 heavy (non-hydrogen) atoms. The molecule has 3 fully saturated rings. The Labute approximate surface area is 137 Å². The van der Waals surface area contributed by atoms with Crippen molar-refractivity contribution in [1.82, 2.24) is 14.9 Å². The van der Waals surface area contributed by atoms with Crippen LogP contribution in [0.25, 0.3) is 0 Å². The lowest BCUT2D eigenvalue weighted by molar-refractivity contribution is 0.147. The van der Waals surface area contributed by atoms with Crippen molar-refractivity contribution in [3.63, 3.8) is 0 Å². The van der Waals surface area contributed by atoms with E-state index in [1.807, 2.05) is 6.07 Å². The highest BCUT2D eigenvalue weighted by Gasteiger charge is 2.29. The first-order valence-corrected chi connectivity index (χ1v) is 9.21. The third-order valence-corrected chi connectivity index (χ3v) is 5.56. The second-order valence-corrected chi connectivity index (χ2v) is 7.38. The van der Waals surface area contributed by atoms with Crippen LogP contribution in [0.15, 0.2) is 6.07 Å². The molecule has 4 rings (SSSR count). The van der Waals surface area contributed by atoms with E-state index in [4.69, 9.17) is 16.6 Å². The zero-order valence-electron chi connectivity index (χ0n) is 13.2. The predicted molar refractivity (Wildman–Crippen MR) is 89.7 cm³/mol. The van der Waals surface area contributed by atoms with Crippen molar-refractivity contribution < 1.29 is 0 Å². The van der Waals surface area contributed by atoms with Gasteiger partial charge in [0.25, 0.3) is 0 Å². The molecule has 1 aromatic heterocycles. The normalized spacial score (nSPS) is 24.7. The minimum absolute atomic E-state index is 0.556. The van der Waals surface area contributed by atoms with Gasteiger partial charge in [-0.05, 0) is 25.7 Å². The molecule has 1 aromatic rings. The van der Waals surface area contributed by atoms with Crippen molar-refractivity contribution in [2.24, 2.45) is 0 Å². The van der Waals surface area contributed by atoms with Crippen molar-refractivity contribution in [1.29, 1.82) is 0 Å². The van der Waals surface area contributed by atoms with E-state index in [9.17, 15) is 0 Å². The number of nitrogens with zero attached hydrogens (tertiary/aromatic N) is 4. The Hall–Kier alpha value is -0.870. The molecule has 0 aromatic carbocycles. The largest absolute Gasteiger partial charge is 0.354 e. The number of anilines is 1. The molecule has 0 N–H and O–H groups in total. The van der Waals surface area contributed by atoms with Gasteiger partial charge in [-0.3, -0.25) is 4.90 Å². The van der Waals surface area contributed by atoms with Gasteiger partial charge in [0.05, 0.1) is 0 Å². The number of aromatic nitrogens is 2. The maximum Gasteiger partial charge on any atom is 0.135 e. The van der Waals surface area contributed by atoms with Crippen LogP contribution in [-0.2, 0) is 0 Å². The molecule has 0 radical (unpaired) electrons. The Morgan fingerprint density at radius 2 is 1.64 bits per heavy atom. The minimum atomic E-state index is 0.556. The Morgan fingerprint density at radius 3 is 2.32 bits per heavy atom. The summed E-state index contributed by atoms with van der Waals surface area (Å²) in [7, 11) is 0. The van der Waals surface area contributed by atoms with Crippen molar-refractivity contribution in [3.8, 4) is 0 Å². The number of rotatable bonds is 3. The second-order valence-electron chi connectivity index (χ2n) is 7.00. The molecule has 0 amide bonds. The molecule has 1 saturated heterocycles. The average Bonchev–Trinajstić information content (AvgIpc) is 3.40. The van der Waals surface area contributed by atoms with Gasteiger partial charge in [-0.15, -0.1) is 0 Å². The zero-order valence-corrected chi connectivity index (χ0v) is 13.9. The Kier molecular flexibility index (Phi) is 4.23. The Balaban J connectivity index is 1.40. The molecule has 0 unspecified atom stereocenters. The summed E-state index contributed by atoms with van der Waals surface area (Å²) in [6, 6.07) is 2.76. The van der Waals surface area contributed by atoms with Crippen LogP contribution in [0.1, 0.15) is 56.7 Å². The molecule has 1 aliphatic heterocycles. The van der Waals surface area contributed by atoms with Crippen molar-refractivity contribution >= 4 is 17.4 Å². The van der Waals surface area contributed by atoms with Crippen LogP contribution >= 0.6 is 11.6 Å². The van der Waals surface area contributed by atoms with Crippen molar-refractivity contribution in [2.75, 3.05) is 31.1 Å². The quantitative estimate of drug-likeness (QED) is 0.798. The van der Waals surface area contributed by atoms with E-state index in [1.165, 1.54) is 44.9 Å². The maximum absolute atomic E-state index is 6.20. The molecule has 2 aliphatic carbocycles. The molecular formula is C17H25ClN4. The molecule has 0 atom stereocenters. The van der Waals surface area contributed by atoms with E-state index in [2.05, 4.69) is 14.8 Å².